The minimum absolute atomic E-state index is 0.624. The maximum absolute atomic E-state index is 11.1. The van der Waals surface area contributed by atoms with Crippen LogP contribution < -0.4 is 0 Å². The van der Waals surface area contributed by atoms with Crippen molar-refractivity contribution in [3.05, 3.63) is 76.8 Å². The topological polar surface area (TPSA) is 20.2 Å². The summed E-state index contributed by atoms with van der Waals surface area (Å²) in [6.07, 6.45) is 1.59. The van der Waals surface area contributed by atoms with Crippen LogP contribution in [0.1, 0.15) is 16.7 Å². The average molecular weight is 289 g/mol. The molecule has 19 heavy (non-hydrogen) atoms. The molecule has 0 bridgehead atoms. The molecule has 0 aliphatic carbocycles. The molecule has 0 amide bonds. The number of thioether (sulfide) groups is 1. The number of hydrogen-bond donors (Lipinski definition) is 1. The molecule has 0 aromatic heterocycles. The second kappa shape index (κ2) is 4.71. The van der Waals surface area contributed by atoms with Gasteiger partial charge in [-0.15, -0.1) is 11.8 Å². The molecular weight excluding hydrogens is 276 g/mol. The Hall–Kier alpha value is -1.22. The lowest BCUT2D eigenvalue weighted by Crippen LogP contribution is -2.25. The first kappa shape index (κ1) is 12.8. The third-order valence-corrected chi connectivity index (χ3v) is 4.82. The summed E-state index contributed by atoms with van der Waals surface area (Å²) in [6.45, 7) is 3.82. The van der Waals surface area contributed by atoms with Gasteiger partial charge in [0.1, 0.15) is 5.60 Å². The summed E-state index contributed by atoms with van der Waals surface area (Å²) >= 11 is 7.80. The number of benzene rings is 2. The highest BCUT2D eigenvalue weighted by Crippen LogP contribution is 2.44. The van der Waals surface area contributed by atoms with Crippen LogP contribution in [0.2, 0.25) is 5.02 Å². The Morgan fingerprint density at radius 3 is 2.79 bits per heavy atom. The SMILES string of the molecule is C=C[C@@]1(O)c2ccccc2CSc2ccc(Cl)cc21. The molecule has 1 nitrogen and oxygen atoms in total. The fourth-order valence-corrected chi connectivity index (χ4v) is 3.73. The molecule has 1 aliphatic heterocycles. The maximum atomic E-state index is 11.1. The highest BCUT2D eigenvalue weighted by Gasteiger charge is 2.34. The van der Waals surface area contributed by atoms with Crippen molar-refractivity contribution < 1.29 is 5.11 Å². The van der Waals surface area contributed by atoms with Crippen molar-refractivity contribution in [2.24, 2.45) is 0 Å². The van der Waals surface area contributed by atoms with Crippen LogP contribution in [0.25, 0.3) is 0 Å². The fourth-order valence-electron chi connectivity index (χ4n) is 2.46. The summed E-state index contributed by atoms with van der Waals surface area (Å²) in [5, 5.41) is 11.7. The van der Waals surface area contributed by atoms with Crippen LogP contribution in [0, 0.1) is 0 Å². The summed E-state index contributed by atoms with van der Waals surface area (Å²) < 4.78 is 0. The average Bonchev–Trinajstić information content (AvgIpc) is 2.56. The third-order valence-electron chi connectivity index (χ3n) is 3.46. The van der Waals surface area contributed by atoms with Crippen LogP contribution in [0.3, 0.4) is 0 Å². The molecule has 0 spiro atoms. The summed E-state index contributed by atoms with van der Waals surface area (Å²) in [6, 6.07) is 13.6. The van der Waals surface area contributed by atoms with Gasteiger partial charge in [0.15, 0.2) is 0 Å². The van der Waals surface area contributed by atoms with Gasteiger partial charge in [-0.1, -0.05) is 48.5 Å². The van der Waals surface area contributed by atoms with Crippen molar-refractivity contribution in [1.29, 1.82) is 0 Å². The molecule has 0 radical (unpaired) electrons. The van der Waals surface area contributed by atoms with E-state index in [1.807, 2.05) is 42.5 Å². The van der Waals surface area contributed by atoms with Gasteiger partial charge in [0.05, 0.1) is 0 Å². The molecule has 1 aliphatic rings. The van der Waals surface area contributed by atoms with E-state index in [0.29, 0.717) is 5.02 Å². The molecule has 3 rings (SSSR count). The Labute approximate surface area is 121 Å². The molecule has 1 N–H and O–H groups in total. The van der Waals surface area contributed by atoms with Crippen LogP contribution in [-0.4, -0.2) is 5.11 Å². The van der Waals surface area contributed by atoms with Crippen LogP contribution in [0.15, 0.2) is 60.0 Å². The Bertz CT molecular complexity index is 653. The normalized spacial score (nSPS) is 21.2. The number of rotatable bonds is 1. The van der Waals surface area contributed by atoms with Gasteiger partial charge in [0.25, 0.3) is 0 Å². The van der Waals surface area contributed by atoms with Crippen molar-refractivity contribution in [3.63, 3.8) is 0 Å². The van der Waals surface area contributed by atoms with Gasteiger partial charge in [-0.3, -0.25) is 0 Å². The van der Waals surface area contributed by atoms with Gasteiger partial charge in [-0.25, -0.2) is 0 Å². The molecule has 2 aromatic carbocycles. The van der Waals surface area contributed by atoms with E-state index in [1.165, 1.54) is 0 Å². The Morgan fingerprint density at radius 2 is 2.00 bits per heavy atom. The van der Waals surface area contributed by atoms with Gasteiger partial charge in [-0.2, -0.15) is 0 Å². The molecule has 96 valence electrons. The third kappa shape index (κ3) is 2.00. The Kier molecular flexibility index (Phi) is 3.17. The molecule has 3 heteroatoms. The summed E-state index contributed by atoms with van der Waals surface area (Å²) in [5.74, 6) is 0.834. The van der Waals surface area contributed by atoms with E-state index in [9.17, 15) is 5.11 Å². The lowest BCUT2D eigenvalue weighted by Gasteiger charge is -2.27. The van der Waals surface area contributed by atoms with E-state index in [4.69, 9.17) is 11.6 Å². The second-order valence-corrected chi connectivity index (χ2v) is 6.01. The number of aliphatic hydroxyl groups is 1. The lowest BCUT2D eigenvalue weighted by molar-refractivity contribution is 0.131. The molecule has 0 saturated heterocycles. The highest BCUT2D eigenvalue weighted by atomic mass is 35.5. The maximum Gasteiger partial charge on any atom is 0.134 e. The fraction of sp³-hybridized carbons (Fsp3) is 0.125. The molecule has 0 saturated carbocycles. The van der Waals surface area contributed by atoms with E-state index in [2.05, 4.69) is 6.58 Å². The first-order valence-corrected chi connectivity index (χ1v) is 7.38. The molecule has 0 fully saturated rings. The zero-order chi connectivity index (χ0) is 13.5. The van der Waals surface area contributed by atoms with Crippen molar-refractivity contribution in [1.82, 2.24) is 0 Å². The van der Waals surface area contributed by atoms with E-state index in [1.54, 1.807) is 17.8 Å². The second-order valence-electron chi connectivity index (χ2n) is 4.56. The summed E-state index contributed by atoms with van der Waals surface area (Å²) in [4.78, 5) is 1.04. The van der Waals surface area contributed by atoms with Gasteiger partial charge in [0.2, 0.25) is 0 Å². The van der Waals surface area contributed by atoms with E-state index < -0.39 is 5.60 Å². The first-order valence-electron chi connectivity index (χ1n) is 6.02. The Balaban J connectivity index is 2.32. The predicted octanol–water partition coefficient (Wildman–Crippen LogP) is 4.37. The smallest absolute Gasteiger partial charge is 0.134 e. The van der Waals surface area contributed by atoms with Crippen LogP contribution in [0.4, 0.5) is 0 Å². The number of halogens is 1. The van der Waals surface area contributed by atoms with Crippen LogP contribution in [-0.2, 0) is 11.4 Å². The largest absolute Gasteiger partial charge is 0.377 e. The quantitative estimate of drug-likeness (QED) is 0.787. The minimum atomic E-state index is -1.18. The molecule has 2 aromatic rings. The van der Waals surface area contributed by atoms with Crippen molar-refractivity contribution in [2.45, 2.75) is 16.2 Å². The van der Waals surface area contributed by atoms with E-state index in [0.717, 1.165) is 27.3 Å². The highest BCUT2D eigenvalue weighted by molar-refractivity contribution is 7.98. The zero-order valence-electron chi connectivity index (χ0n) is 10.3. The van der Waals surface area contributed by atoms with Crippen LogP contribution in [0.5, 0.6) is 0 Å². The van der Waals surface area contributed by atoms with Gasteiger partial charge < -0.3 is 5.11 Å². The van der Waals surface area contributed by atoms with Gasteiger partial charge in [-0.05, 0) is 29.3 Å². The predicted molar refractivity (Wildman–Crippen MR) is 80.7 cm³/mol. The van der Waals surface area contributed by atoms with Crippen LogP contribution >= 0.6 is 23.4 Å². The van der Waals surface area contributed by atoms with Gasteiger partial charge in [0, 0.05) is 21.2 Å². The molecule has 1 atom stereocenters. The zero-order valence-corrected chi connectivity index (χ0v) is 11.8. The van der Waals surface area contributed by atoms with Crippen molar-refractivity contribution in [2.75, 3.05) is 0 Å². The monoisotopic (exact) mass is 288 g/mol. The van der Waals surface area contributed by atoms with Crippen molar-refractivity contribution in [3.8, 4) is 0 Å². The number of hydrogen-bond acceptors (Lipinski definition) is 2. The molecule has 0 unspecified atom stereocenters. The molecule has 1 heterocycles. The van der Waals surface area contributed by atoms with Crippen molar-refractivity contribution >= 4 is 23.4 Å². The van der Waals surface area contributed by atoms with Gasteiger partial charge >= 0.3 is 0 Å². The van der Waals surface area contributed by atoms with E-state index >= 15 is 0 Å². The van der Waals surface area contributed by atoms with E-state index in [-0.39, 0.29) is 0 Å². The first-order chi connectivity index (χ1) is 9.15. The molecular formula is C16H13ClOS. The Morgan fingerprint density at radius 1 is 1.21 bits per heavy atom. The standard InChI is InChI=1S/C16H13ClOS/c1-2-16(18)13-6-4-3-5-11(13)10-19-15-8-7-12(17)9-14(15)16/h2-9,18H,1,10H2/t16-/m1/s1. The number of fused-ring (bicyclic) bond motifs is 2. The lowest BCUT2D eigenvalue weighted by atomic mass is 9.84. The summed E-state index contributed by atoms with van der Waals surface area (Å²) in [5.41, 5.74) is 1.64. The minimum Gasteiger partial charge on any atom is -0.377 e. The summed E-state index contributed by atoms with van der Waals surface area (Å²) in [7, 11) is 0.